The highest BCUT2D eigenvalue weighted by Crippen LogP contribution is 2.41. The summed E-state index contributed by atoms with van der Waals surface area (Å²) in [4.78, 5) is 12.8. The summed E-state index contributed by atoms with van der Waals surface area (Å²) in [6.07, 6.45) is 2.92. The molecule has 1 unspecified atom stereocenters. The van der Waals surface area contributed by atoms with Crippen LogP contribution >= 0.6 is 0 Å². The van der Waals surface area contributed by atoms with Gasteiger partial charge < -0.3 is 10.6 Å². The quantitative estimate of drug-likeness (QED) is 0.795. The van der Waals surface area contributed by atoms with E-state index in [4.69, 9.17) is 0 Å². The number of hydrogen-bond donors (Lipinski definition) is 3. The maximum Gasteiger partial charge on any atom is 0.272 e. The van der Waals surface area contributed by atoms with Crippen LogP contribution in [0.25, 0.3) is 0 Å². The smallest absolute Gasteiger partial charge is 0.272 e. The number of fused-ring (bicyclic) bond motifs is 2. The molecule has 5 heteroatoms. The van der Waals surface area contributed by atoms with Gasteiger partial charge in [0.05, 0.1) is 6.04 Å². The number of benzene rings is 1. The van der Waals surface area contributed by atoms with Crippen molar-refractivity contribution in [3.63, 3.8) is 0 Å². The van der Waals surface area contributed by atoms with Gasteiger partial charge in [0.25, 0.3) is 5.91 Å². The number of nitrogens with one attached hydrogen (secondary N) is 3. The van der Waals surface area contributed by atoms with E-state index in [1.54, 1.807) is 0 Å². The highest BCUT2D eigenvalue weighted by atomic mass is 16.2. The molecule has 0 spiro atoms. The molecule has 2 aromatic rings. The summed E-state index contributed by atoms with van der Waals surface area (Å²) < 4.78 is 0. The Hall–Kier alpha value is -2.14. The number of rotatable bonds is 2. The van der Waals surface area contributed by atoms with Gasteiger partial charge >= 0.3 is 0 Å². The zero-order chi connectivity index (χ0) is 16.7. The number of aromatic nitrogens is 2. The van der Waals surface area contributed by atoms with Crippen molar-refractivity contribution in [1.29, 1.82) is 0 Å². The summed E-state index contributed by atoms with van der Waals surface area (Å²) in [6, 6.07) is 8.53. The monoisotopic (exact) mass is 324 g/mol. The summed E-state index contributed by atoms with van der Waals surface area (Å²) in [5, 5.41) is 13.8. The van der Waals surface area contributed by atoms with Crippen LogP contribution in [0.1, 0.15) is 65.6 Å². The van der Waals surface area contributed by atoms with E-state index < -0.39 is 0 Å². The van der Waals surface area contributed by atoms with Crippen LogP contribution in [0.15, 0.2) is 24.3 Å². The molecule has 0 bridgehead atoms. The molecule has 0 fully saturated rings. The van der Waals surface area contributed by atoms with Gasteiger partial charge in [0.2, 0.25) is 0 Å². The van der Waals surface area contributed by atoms with Crippen molar-refractivity contribution in [2.75, 3.05) is 6.54 Å². The van der Waals surface area contributed by atoms with Crippen LogP contribution in [0.2, 0.25) is 0 Å². The highest BCUT2D eigenvalue weighted by Gasteiger charge is 2.33. The number of amides is 1. The molecule has 0 saturated carbocycles. The Morgan fingerprint density at radius 3 is 3.04 bits per heavy atom. The van der Waals surface area contributed by atoms with Crippen LogP contribution in [0.4, 0.5) is 0 Å². The molecule has 5 nitrogen and oxygen atoms in total. The molecule has 1 aromatic heterocycles. The average molecular weight is 324 g/mol. The predicted molar refractivity (Wildman–Crippen MR) is 92.9 cm³/mol. The van der Waals surface area contributed by atoms with Crippen molar-refractivity contribution in [2.24, 2.45) is 0 Å². The van der Waals surface area contributed by atoms with Gasteiger partial charge in [-0.2, -0.15) is 5.10 Å². The summed E-state index contributed by atoms with van der Waals surface area (Å²) in [7, 11) is 0. The molecular weight excluding hydrogens is 300 g/mol. The maximum absolute atomic E-state index is 12.8. The number of carbonyl (C=O) groups excluding carboxylic acids is 1. The topological polar surface area (TPSA) is 69.8 Å². The van der Waals surface area contributed by atoms with Crippen molar-refractivity contribution in [3.8, 4) is 0 Å². The third-order valence-corrected chi connectivity index (χ3v) is 5.45. The van der Waals surface area contributed by atoms with E-state index in [2.05, 4.69) is 58.9 Å². The molecule has 1 atom stereocenters. The van der Waals surface area contributed by atoms with E-state index in [9.17, 15) is 4.79 Å². The number of H-pyrrole nitrogens is 1. The highest BCUT2D eigenvalue weighted by molar-refractivity contribution is 5.94. The van der Waals surface area contributed by atoms with Crippen molar-refractivity contribution < 1.29 is 4.79 Å². The summed E-state index contributed by atoms with van der Waals surface area (Å²) in [5.74, 6) is -0.0734. The van der Waals surface area contributed by atoms with Crippen molar-refractivity contribution in [3.05, 3.63) is 52.3 Å². The summed E-state index contributed by atoms with van der Waals surface area (Å²) >= 11 is 0. The van der Waals surface area contributed by atoms with Crippen LogP contribution < -0.4 is 10.6 Å². The zero-order valence-corrected chi connectivity index (χ0v) is 14.3. The Kier molecular flexibility index (Phi) is 3.68. The van der Waals surface area contributed by atoms with E-state index in [-0.39, 0.29) is 17.4 Å². The number of hydrogen-bond acceptors (Lipinski definition) is 3. The van der Waals surface area contributed by atoms with Gasteiger partial charge in [0.15, 0.2) is 5.69 Å². The molecule has 3 N–H and O–H groups in total. The van der Waals surface area contributed by atoms with Crippen LogP contribution in [-0.2, 0) is 18.4 Å². The number of aromatic amines is 1. The minimum atomic E-state index is -0.0734. The normalized spacial score (nSPS) is 21.7. The van der Waals surface area contributed by atoms with E-state index in [1.807, 2.05) is 0 Å². The third kappa shape index (κ3) is 2.53. The fraction of sp³-hybridized carbons (Fsp3) is 0.474. The standard InChI is InChI=1S/C19H24N4O/c1-19(2)9-7-15(12-5-3-4-6-14(12)19)21-18(24)17-13-11-20-10-8-16(13)22-23-17/h3-6,15,20H,7-11H2,1-2H3,(H,21,24)(H,22,23). The van der Waals surface area contributed by atoms with Gasteiger partial charge in [0.1, 0.15) is 0 Å². The first kappa shape index (κ1) is 15.4. The Morgan fingerprint density at radius 1 is 1.33 bits per heavy atom. The molecule has 0 radical (unpaired) electrons. The fourth-order valence-corrected chi connectivity index (χ4v) is 4.00. The lowest BCUT2D eigenvalue weighted by atomic mass is 9.71. The molecule has 126 valence electrons. The summed E-state index contributed by atoms with van der Waals surface area (Å²) in [6.45, 7) is 6.20. The van der Waals surface area contributed by atoms with Gasteiger partial charge in [-0.1, -0.05) is 38.1 Å². The molecule has 4 rings (SSSR count). The second kappa shape index (κ2) is 5.74. The minimum absolute atomic E-state index is 0.0608. The van der Waals surface area contributed by atoms with E-state index in [0.29, 0.717) is 12.2 Å². The molecule has 2 aliphatic rings. The third-order valence-electron chi connectivity index (χ3n) is 5.45. The average Bonchev–Trinajstić information content (AvgIpc) is 3.02. The first-order valence-corrected chi connectivity index (χ1v) is 8.73. The fourth-order valence-electron chi connectivity index (χ4n) is 4.00. The Morgan fingerprint density at radius 2 is 2.17 bits per heavy atom. The lowest BCUT2D eigenvalue weighted by Crippen LogP contribution is -2.36. The second-order valence-corrected chi connectivity index (χ2v) is 7.49. The van der Waals surface area contributed by atoms with Gasteiger partial charge in [-0.05, 0) is 29.4 Å². The predicted octanol–water partition coefficient (Wildman–Crippen LogP) is 2.60. The molecule has 0 saturated heterocycles. The molecule has 1 aromatic carbocycles. The van der Waals surface area contributed by atoms with Crippen LogP contribution in [0, 0.1) is 0 Å². The molecular formula is C19H24N4O. The van der Waals surface area contributed by atoms with Gasteiger partial charge in [-0.3, -0.25) is 9.89 Å². The lowest BCUT2D eigenvalue weighted by molar-refractivity contribution is 0.0923. The molecule has 2 heterocycles. The molecule has 24 heavy (non-hydrogen) atoms. The van der Waals surface area contributed by atoms with E-state index in [1.165, 1.54) is 11.1 Å². The first-order valence-electron chi connectivity index (χ1n) is 8.73. The van der Waals surface area contributed by atoms with Crippen LogP contribution in [0.3, 0.4) is 0 Å². The number of nitrogens with zero attached hydrogens (tertiary/aromatic N) is 1. The minimum Gasteiger partial charge on any atom is -0.344 e. The Labute approximate surface area is 142 Å². The van der Waals surface area contributed by atoms with Crippen molar-refractivity contribution in [1.82, 2.24) is 20.8 Å². The SMILES string of the molecule is CC1(C)CCC(NC(=O)c2n[nH]c3c2CNCC3)c2ccccc21. The van der Waals surface area contributed by atoms with Crippen molar-refractivity contribution in [2.45, 2.75) is 51.1 Å². The second-order valence-electron chi connectivity index (χ2n) is 7.49. The zero-order valence-electron chi connectivity index (χ0n) is 14.3. The molecule has 1 aliphatic carbocycles. The van der Waals surface area contributed by atoms with Crippen LogP contribution in [-0.4, -0.2) is 22.6 Å². The van der Waals surface area contributed by atoms with Gasteiger partial charge in [-0.15, -0.1) is 0 Å². The van der Waals surface area contributed by atoms with Gasteiger partial charge in [0, 0.05) is 30.8 Å². The Bertz CT molecular complexity index is 777. The molecule has 1 amide bonds. The van der Waals surface area contributed by atoms with Crippen molar-refractivity contribution >= 4 is 5.91 Å². The van der Waals surface area contributed by atoms with E-state index >= 15 is 0 Å². The largest absolute Gasteiger partial charge is 0.344 e. The Balaban J connectivity index is 1.60. The number of carbonyl (C=O) groups is 1. The maximum atomic E-state index is 12.8. The first-order chi connectivity index (χ1) is 11.6. The summed E-state index contributed by atoms with van der Waals surface area (Å²) in [5.41, 5.74) is 5.39. The van der Waals surface area contributed by atoms with E-state index in [0.717, 1.165) is 37.1 Å². The van der Waals surface area contributed by atoms with Crippen LogP contribution in [0.5, 0.6) is 0 Å². The lowest BCUT2D eigenvalue weighted by Gasteiger charge is -2.37. The molecule has 1 aliphatic heterocycles. The van der Waals surface area contributed by atoms with Gasteiger partial charge in [-0.25, -0.2) is 0 Å².